The lowest BCUT2D eigenvalue weighted by Gasteiger charge is -2.02. The van der Waals surface area contributed by atoms with E-state index >= 15 is 0 Å². The quantitative estimate of drug-likeness (QED) is 0.892. The van der Waals surface area contributed by atoms with E-state index in [1.807, 2.05) is 6.07 Å². The Balaban J connectivity index is 2.27. The molecule has 1 N–H and O–H groups in total. The molecule has 0 aliphatic rings. The van der Waals surface area contributed by atoms with Gasteiger partial charge in [0.1, 0.15) is 12.3 Å². The van der Waals surface area contributed by atoms with Crippen LogP contribution in [0.3, 0.4) is 0 Å². The minimum absolute atomic E-state index is 0.184. The minimum Gasteiger partial charge on any atom is -0.508 e. The Hall–Kier alpha value is -1.91. The van der Waals surface area contributed by atoms with Gasteiger partial charge in [-0.2, -0.15) is 5.10 Å². The average molecular weight is 238 g/mol. The van der Waals surface area contributed by atoms with E-state index < -0.39 is 13.0 Å². The molecular weight excluding hydrogens is 226 g/mol. The van der Waals surface area contributed by atoms with Gasteiger partial charge in [-0.3, -0.25) is 4.68 Å². The molecule has 0 bridgehead atoms. The molecule has 0 aliphatic carbocycles. The van der Waals surface area contributed by atoms with Crippen LogP contribution < -0.4 is 0 Å². The predicted octanol–water partition coefficient (Wildman–Crippen LogP) is 2.83. The second kappa shape index (κ2) is 4.53. The molecule has 0 fully saturated rings. The Morgan fingerprint density at radius 3 is 2.76 bits per heavy atom. The summed E-state index contributed by atoms with van der Waals surface area (Å²) in [6.07, 6.45) is 0.622. The third-order valence-electron chi connectivity index (χ3n) is 2.50. The number of phenols is 1. The predicted molar refractivity (Wildman–Crippen MR) is 60.1 cm³/mol. The maximum atomic E-state index is 12.1. The fourth-order valence-electron chi connectivity index (χ4n) is 1.54. The lowest BCUT2D eigenvalue weighted by atomic mass is 10.1. The van der Waals surface area contributed by atoms with Crippen molar-refractivity contribution in [2.24, 2.45) is 0 Å². The van der Waals surface area contributed by atoms with E-state index in [1.54, 1.807) is 19.1 Å². The molecule has 90 valence electrons. The number of hydrogen-bond acceptors (Lipinski definition) is 2. The summed E-state index contributed by atoms with van der Waals surface area (Å²) in [7, 11) is 0. The Labute approximate surface area is 97.3 Å². The molecule has 0 atom stereocenters. The van der Waals surface area contributed by atoms with E-state index in [2.05, 4.69) is 5.10 Å². The molecule has 5 heteroatoms. The van der Waals surface area contributed by atoms with Gasteiger partial charge in [-0.05, 0) is 24.1 Å². The molecule has 0 aliphatic heterocycles. The van der Waals surface area contributed by atoms with E-state index in [1.165, 1.54) is 17.1 Å². The smallest absolute Gasteiger partial charge is 0.257 e. The number of aromatic nitrogens is 2. The van der Waals surface area contributed by atoms with Crippen molar-refractivity contribution in [2.45, 2.75) is 19.9 Å². The van der Waals surface area contributed by atoms with E-state index in [9.17, 15) is 13.9 Å². The van der Waals surface area contributed by atoms with Crippen LogP contribution in [0.15, 0.2) is 30.6 Å². The van der Waals surface area contributed by atoms with Crippen molar-refractivity contribution < 1.29 is 13.9 Å². The first-order valence-electron chi connectivity index (χ1n) is 5.17. The molecular formula is C12H12F2N2O. The van der Waals surface area contributed by atoms with Crippen molar-refractivity contribution in [3.8, 4) is 16.9 Å². The summed E-state index contributed by atoms with van der Waals surface area (Å²) in [6, 6.07) is 5.19. The maximum absolute atomic E-state index is 12.1. The molecule has 0 saturated carbocycles. The van der Waals surface area contributed by atoms with Crippen molar-refractivity contribution >= 4 is 0 Å². The number of rotatable bonds is 3. The second-order valence-corrected chi connectivity index (χ2v) is 3.84. The highest BCUT2D eigenvalue weighted by Crippen LogP contribution is 2.25. The number of benzene rings is 1. The Bertz CT molecular complexity index is 523. The van der Waals surface area contributed by atoms with Gasteiger partial charge in [0.15, 0.2) is 0 Å². The van der Waals surface area contributed by atoms with E-state index in [0.29, 0.717) is 5.56 Å². The highest BCUT2D eigenvalue weighted by Gasteiger charge is 2.07. The highest BCUT2D eigenvalue weighted by molar-refractivity contribution is 5.64. The third-order valence-corrected chi connectivity index (χ3v) is 2.50. The van der Waals surface area contributed by atoms with Crippen molar-refractivity contribution in [1.82, 2.24) is 9.78 Å². The number of aryl methyl sites for hydroxylation is 1. The van der Waals surface area contributed by atoms with Gasteiger partial charge in [-0.15, -0.1) is 0 Å². The van der Waals surface area contributed by atoms with Crippen molar-refractivity contribution in [3.63, 3.8) is 0 Å². The van der Waals surface area contributed by atoms with Crippen molar-refractivity contribution in [1.29, 1.82) is 0 Å². The summed E-state index contributed by atoms with van der Waals surface area (Å²) >= 11 is 0. The summed E-state index contributed by atoms with van der Waals surface area (Å²) in [5, 5.41) is 13.4. The fourth-order valence-corrected chi connectivity index (χ4v) is 1.54. The molecule has 3 nitrogen and oxygen atoms in total. The number of alkyl halides is 2. The molecule has 0 saturated heterocycles. The van der Waals surface area contributed by atoms with Gasteiger partial charge in [0.2, 0.25) is 0 Å². The molecule has 2 rings (SSSR count). The minimum atomic E-state index is -2.42. The molecule has 1 heterocycles. The molecule has 1 aromatic heterocycles. The zero-order chi connectivity index (χ0) is 12.4. The van der Waals surface area contributed by atoms with Crippen LogP contribution in [-0.4, -0.2) is 21.3 Å². The van der Waals surface area contributed by atoms with Crippen LogP contribution >= 0.6 is 0 Å². The van der Waals surface area contributed by atoms with Crippen LogP contribution in [0.4, 0.5) is 8.78 Å². The first-order valence-corrected chi connectivity index (χ1v) is 5.17. The number of nitrogens with zero attached hydrogens (tertiary/aromatic N) is 2. The van der Waals surface area contributed by atoms with Crippen molar-refractivity contribution in [2.75, 3.05) is 0 Å². The molecule has 0 radical (unpaired) electrons. The monoisotopic (exact) mass is 238 g/mol. The van der Waals surface area contributed by atoms with Crippen molar-refractivity contribution in [3.05, 3.63) is 36.2 Å². The van der Waals surface area contributed by atoms with E-state index in [0.717, 1.165) is 11.1 Å². The summed E-state index contributed by atoms with van der Waals surface area (Å²) in [5.74, 6) is 0.184. The first-order chi connectivity index (χ1) is 8.06. The summed E-state index contributed by atoms with van der Waals surface area (Å²) < 4.78 is 25.5. The van der Waals surface area contributed by atoms with E-state index in [-0.39, 0.29) is 5.75 Å². The zero-order valence-electron chi connectivity index (χ0n) is 9.27. The lowest BCUT2D eigenvalue weighted by molar-refractivity contribution is 0.122. The zero-order valence-corrected chi connectivity index (χ0v) is 9.27. The van der Waals surface area contributed by atoms with Crippen LogP contribution in [0.1, 0.15) is 5.56 Å². The number of phenolic OH excluding ortho intramolecular Hbond substituents is 1. The van der Waals surface area contributed by atoms with E-state index in [4.69, 9.17) is 0 Å². The fraction of sp³-hybridized carbons (Fsp3) is 0.250. The largest absolute Gasteiger partial charge is 0.508 e. The Kier molecular flexibility index (Phi) is 3.08. The molecule has 17 heavy (non-hydrogen) atoms. The molecule has 1 aromatic carbocycles. The molecule has 0 unspecified atom stereocenters. The average Bonchev–Trinajstić information content (AvgIpc) is 2.69. The van der Waals surface area contributed by atoms with Gasteiger partial charge in [0, 0.05) is 11.8 Å². The van der Waals surface area contributed by atoms with Crippen LogP contribution in [-0.2, 0) is 6.54 Å². The molecule has 2 aromatic rings. The molecule has 0 spiro atoms. The second-order valence-electron chi connectivity index (χ2n) is 3.84. The van der Waals surface area contributed by atoms with Gasteiger partial charge in [0.25, 0.3) is 6.43 Å². The third kappa shape index (κ3) is 2.61. The maximum Gasteiger partial charge on any atom is 0.257 e. The van der Waals surface area contributed by atoms with Gasteiger partial charge >= 0.3 is 0 Å². The summed E-state index contributed by atoms with van der Waals surface area (Å²) in [4.78, 5) is 0. The molecule has 0 amide bonds. The number of aromatic hydroxyl groups is 1. The first kappa shape index (κ1) is 11.6. The van der Waals surface area contributed by atoms with Crippen LogP contribution in [0.5, 0.6) is 5.75 Å². The Morgan fingerprint density at radius 2 is 2.12 bits per heavy atom. The van der Waals surface area contributed by atoms with Gasteiger partial charge in [-0.25, -0.2) is 8.78 Å². The van der Waals surface area contributed by atoms with Crippen LogP contribution in [0.2, 0.25) is 0 Å². The highest BCUT2D eigenvalue weighted by atomic mass is 19.3. The topological polar surface area (TPSA) is 38.0 Å². The van der Waals surface area contributed by atoms with Crippen LogP contribution in [0, 0.1) is 6.92 Å². The summed E-state index contributed by atoms with van der Waals surface area (Å²) in [6.45, 7) is 1.37. The number of hydrogen-bond donors (Lipinski definition) is 1. The normalized spacial score (nSPS) is 11.1. The SMILES string of the molecule is Cc1ccc(-c2cnn(CC(F)F)c2)cc1O. The standard InChI is InChI=1S/C12H12F2N2O/c1-8-2-3-9(4-11(8)17)10-5-15-16(6-10)7-12(13)14/h2-6,12,17H,7H2,1H3. The van der Waals surface area contributed by atoms with Gasteiger partial charge in [0.05, 0.1) is 6.20 Å². The van der Waals surface area contributed by atoms with Gasteiger partial charge < -0.3 is 5.11 Å². The summed E-state index contributed by atoms with van der Waals surface area (Å²) in [5.41, 5.74) is 2.24. The van der Waals surface area contributed by atoms with Crippen LogP contribution in [0.25, 0.3) is 11.1 Å². The van der Waals surface area contributed by atoms with Gasteiger partial charge in [-0.1, -0.05) is 12.1 Å². The number of halogens is 2. The lowest BCUT2D eigenvalue weighted by Crippen LogP contribution is -2.06. The Morgan fingerprint density at radius 1 is 1.35 bits per heavy atom.